The van der Waals surface area contributed by atoms with E-state index in [0.29, 0.717) is 0 Å². The first-order valence-electron chi connectivity index (χ1n) is 6.82. The number of benzene rings is 1. The van der Waals surface area contributed by atoms with Crippen LogP contribution >= 0.6 is 0 Å². The molecule has 0 unspecified atom stereocenters. The van der Waals surface area contributed by atoms with Crippen LogP contribution in [0.2, 0.25) is 0 Å². The van der Waals surface area contributed by atoms with Gasteiger partial charge in [-0.2, -0.15) is 0 Å². The van der Waals surface area contributed by atoms with Crippen LogP contribution in [0.1, 0.15) is 50.3 Å². The van der Waals surface area contributed by atoms with Gasteiger partial charge in [-0.15, -0.1) is 0 Å². The van der Waals surface area contributed by atoms with Crippen molar-refractivity contribution in [2.24, 2.45) is 0 Å². The summed E-state index contributed by atoms with van der Waals surface area (Å²) >= 11 is 0. The second-order valence-electron chi connectivity index (χ2n) is 4.52. The molecule has 2 N–H and O–H groups in total. The van der Waals surface area contributed by atoms with Gasteiger partial charge in [0.1, 0.15) is 0 Å². The fourth-order valence-corrected chi connectivity index (χ4v) is 2.35. The van der Waals surface area contributed by atoms with E-state index in [4.69, 9.17) is 5.11 Å². The Bertz CT molecular complexity index is 452. The highest BCUT2D eigenvalue weighted by atomic mass is 16.7. The second-order valence-corrected chi connectivity index (χ2v) is 4.52. The quantitative estimate of drug-likeness (QED) is 0.605. The van der Waals surface area contributed by atoms with Gasteiger partial charge in [-0.3, -0.25) is 0 Å². The van der Waals surface area contributed by atoms with Crippen LogP contribution in [-0.2, 0) is 19.3 Å². The van der Waals surface area contributed by atoms with E-state index in [1.165, 1.54) is 0 Å². The molecule has 0 heterocycles. The molecule has 0 radical (unpaired) electrons. The average molecular weight is 266 g/mol. The number of phenolic OH excluding ortho intramolecular Hbond substituents is 1. The summed E-state index contributed by atoms with van der Waals surface area (Å²) in [5.74, 6) is 0.0255. The van der Waals surface area contributed by atoms with Gasteiger partial charge >= 0.3 is 6.16 Å². The molecule has 0 aliphatic heterocycles. The van der Waals surface area contributed by atoms with Gasteiger partial charge in [0.2, 0.25) is 0 Å². The van der Waals surface area contributed by atoms with E-state index in [9.17, 15) is 9.90 Å². The van der Waals surface area contributed by atoms with Gasteiger partial charge in [0.05, 0.1) is 0 Å². The van der Waals surface area contributed by atoms with Crippen LogP contribution in [0.4, 0.5) is 4.79 Å². The third-order valence-corrected chi connectivity index (χ3v) is 3.29. The van der Waals surface area contributed by atoms with Crippen LogP contribution < -0.4 is 4.74 Å². The lowest BCUT2D eigenvalue weighted by atomic mass is 9.92. The van der Waals surface area contributed by atoms with Crippen molar-refractivity contribution in [3.63, 3.8) is 0 Å². The first-order valence-corrected chi connectivity index (χ1v) is 6.82. The predicted octanol–water partition coefficient (Wildman–Crippen LogP) is 3.92. The monoisotopic (exact) mass is 266 g/mol. The Labute approximate surface area is 114 Å². The molecule has 106 valence electrons. The molecule has 1 rings (SSSR count). The summed E-state index contributed by atoms with van der Waals surface area (Å²) in [5.41, 5.74) is 2.99. The van der Waals surface area contributed by atoms with E-state index in [1.54, 1.807) is 6.07 Å². The Morgan fingerprint density at radius 1 is 1.21 bits per heavy atom. The highest BCUT2D eigenvalue weighted by Gasteiger charge is 2.18. The molecule has 4 heteroatoms. The SMILES string of the molecule is CCCCc1c(O)c(OC(=O)O)cc(CC)c1CC. The van der Waals surface area contributed by atoms with Crippen molar-refractivity contribution in [3.8, 4) is 11.5 Å². The maximum Gasteiger partial charge on any atom is 0.511 e. The summed E-state index contributed by atoms with van der Waals surface area (Å²) in [4.78, 5) is 10.7. The highest BCUT2D eigenvalue weighted by molar-refractivity contribution is 5.65. The number of hydrogen-bond donors (Lipinski definition) is 2. The van der Waals surface area contributed by atoms with Gasteiger partial charge in [0.15, 0.2) is 11.5 Å². The maximum atomic E-state index is 10.7. The zero-order valence-corrected chi connectivity index (χ0v) is 11.8. The molecule has 0 spiro atoms. The lowest BCUT2D eigenvalue weighted by Gasteiger charge is -2.17. The van der Waals surface area contributed by atoms with Crippen molar-refractivity contribution >= 4 is 6.16 Å². The molecule has 19 heavy (non-hydrogen) atoms. The molecule has 0 saturated heterocycles. The number of ether oxygens (including phenoxy) is 1. The lowest BCUT2D eigenvalue weighted by molar-refractivity contribution is 0.142. The minimum absolute atomic E-state index is 0.0232. The number of phenols is 1. The normalized spacial score (nSPS) is 10.5. The van der Waals surface area contributed by atoms with Crippen molar-refractivity contribution in [1.29, 1.82) is 0 Å². The number of rotatable bonds is 6. The number of aromatic hydroxyl groups is 1. The Morgan fingerprint density at radius 2 is 1.89 bits per heavy atom. The standard InChI is InChI=1S/C15H22O4/c1-4-7-8-12-11(6-3)10(5-2)9-13(14(12)16)19-15(17)18/h9,16H,4-8H2,1-3H3,(H,17,18). The van der Waals surface area contributed by atoms with Gasteiger partial charge in [0, 0.05) is 5.56 Å². The summed E-state index contributed by atoms with van der Waals surface area (Å²) in [6.45, 7) is 6.14. The number of carboxylic acid groups (broad SMARTS) is 1. The molecular formula is C15H22O4. The number of aryl methyl sites for hydroxylation is 1. The minimum Gasteiger partial charge on any atom is -0.504 e. The molecule has 0 aromatic heterocycles. The molecule has 0 fully saturated rings. The molecule has 0 aliphatic carbocycles. The van der Waals surface area contributed by atoms with Crippen molar-refractivity contribution in [1.82, 2.24) is 0 Å². The molecular weight excluding hydrogens is 244 g/mol. The van der Waals surface area contributed by atoms with E-state index in [2.05, 4.69) is 11.7 Å². The second kappa shape index (κ2) is 7.02. The van der Waals surface area contributed by atoms with Crippen LogP contribution in [0.5, 0.6) is 11.5 Å². The van der Waals surface area contributed by atoms with Gasteiger partial charge < -0.3 is 14.9 Å². The van der Waals surface area contributed by atoms with Crippen molar-refractivity contribution in [2.75, 3.05) is 0 Å². The van der Waals surface area contributed by atoms with Crippen LogP contribution in [0.25, 0.3) is 0 Å². The van der Waals surface area contributed by atoms with Gasteiger partial charge in [-0.1, -0.05) is 27.2 Å². The summed E-state index contributed by atoms with van der Waals surface area (Å²) in [7, 11) is 0. The lowest BCUT2D eigenvalue weighted by Crippen LogP contribution is -2.07. The predicted molar refractivity (Wildman–Crippen MR) is 74.1 cm³/mol. The third kappa shape index (κ3) is 3.63. The van der Waals surface area contributed by atoms with E-state index in [1.807, 2.05) is 13.8 Å². The average Bonchev–Trinajstić information content (AvgIpc) is 2.38. The van der Waals surface area contributed by atoms with E-state index >= 15 is 0 Å². The van der Waals surface area contributed by atoms with Crippen LogP contribution in [0, 0.1) is 0 Å². The fraction of sp³-hybridized carbons (Fsp3) is 0.533. The smallest absolute Gasteiger partial charge is 0.504 e. The Morgan fingerprint density at radius 3 is 2.37 bits per heavy atom. The molecule has 0 atom stereocenters. The van der Waals surface area contributed by atoms with Crippen molar-refractivity contribution in [2.45, 2.75) is 52.9 Å². The zero-order chi connectivity index (χ0) is 14.4. The summed E-state index contributed by atoms with van der Waals surface area (Å²) in [6, 6.07) is 1.64. The summed E-state index contributed by atoms with van der Waals surface area (Å²) in [5, 5.41) is 18.9. The fourth-order valence-electron chi connectivity index (χ4n) is 2.35. The topological polar surface area (TPSA) is 66.8 Å². The zero-order valence-electron chi connectivity index (χ0n) is 11.8. The van der Waals surface area contributed by atoms with E-state index in [-0.39, 0.29) is 11.5 Å². The Hall–Kier alpha value is -1.71. The molecule has 4 nitrogen and oxygen atoms in total. The Balaban J connectivity index is 3.32. The minimum atomic E-state index is -1.40. The van der Waals surface area contributed by atoms with Crippen LogP contribution in [-0.4, -0.2) is 16.4 Å². The molecule has 0 saturated carbocycles. The summed E-state index contributed by atoms with van der Waals surface area (Å²) in [6.07, 6.45) is 2.94. The molecule has 0 bridgehead atoms. The molecule has 0 aliphatic rings. The number of unbranched alkanes of at least 4 members (excludes halogenated alkanes) is 1. The largest absolute Gasteiger partial charge is 0.511 e. The van der Waals surface area contributed by atoms with E-state index in [0.717, 1.165) is 48.8 Å². The molecule has 0 amide bonds. The van der Waals surface area contributed by atoms with Crippen molar-refractivity contribution < 1.29 is 19.7 Å². The molecule has 1 aromatic carbocycles. The summed E-state index contributed by atoms with van der Waals surface area (Å²) < 4.78 is 4.67. The van der Waals surface area contributed by atoms with Crippen LogP contribution in [0.15, 0.2) is 6.07 Å². The molecule has 1 aromatic rings. The number of carbonyl (C=O) groups is 1. The van der Waals surface area contributed by atoms with Gasteiger partial charge in [-0.05, 0) is 42.9 Å². The van der Waals surface area contributed by atoms with E-state index < -0.39 is 6.16 Å². The maximum absolute atomic E-state index is 10.7. The third-order valence-electron chi connectivity index (χ3n) is 3.29. The number of hydrogen-bond acceptors (Lipinski definition) is 3. The highest BCUT2D eigenvalue weighted by Crippen LogP contribution is 2.37. The first-order chi connectivity index (χ1) is 9.04. The van der Waals surface area contributed by atoms with Gasteiger partial charge in [-0.25, -0.2) is 4.79 Å². The van der Waals surface area contributed by atoms with Crippen molar-refractivity contribution in [3.05, 3.63) is 22.8 Å². The first kappa shape index (κ1) is 15.3. The van der Waals surface area contributed by atoms with Crippen LogP contribution in [0.3, 0.4) is 0 Å². The Kier molecular flexibility index (Phi) is 5.67. The van der Waals surface area contributed by atoms with Gasteiger partial charge in [0.25, 0.3) is 0 Å².